The van der Waals surface area contributed by atoms with Crippen LogP contribution in [0, 0.1) is 5.92 Å². The first-order valence-electron chi connectivity index (χ1n) is 5.79. The molecule has 2 aliphatic rings. The number of rotatable bonds is 3. The molecule has 2 aliphatic heterocycles. The van der Waals surface area contributed by atoms with E-state index in [4.69, 9.17) is 21.1 Å². The van der Waals surface area contributed by atoms with Crippen molar-refractivity contribution < 1.29 is 9.47 Å². The van der Waals surface area contributed by atoms with Crippen molar-refractivity contribution in [1.29, 1.82) is 0 Å². The number of hydrogen-bond donors (Lipinski definition) is 0. The third kappa shape index (κ3) is 3.31. The van der Waals surface area contributed by atoms with Crippen molar-refractivity contribution in [3.8, 4) is 0 Å². The normalized spacial score (nSPS) is 38.4. The molecular formula is C11H20ClNO2. The first kappa shape index (κ1) is 11.6. The molecule has 2 fully saturated rings. The fraction of sp³-hybridized carbons (Fsp3) is 1.00. The highest BCUT2D eigenvalue weighted by molar-refractivity contribution is 6.18. The smallest absolute Gasteiger partial charge is 0.0841 e. The van der Waals surface area contributed by atoms with Crippen LogP contribution in [-0.4, -0.2) is 55.8 Å². The van der Waals surface area contributed by atoms with Crippen molar-refractivity contribution >= 4 is 11.6 Å². The van der Waals surface area contributed by atoms with Gasteiger partial charge in [0.2, 0.25) is 0 Å². The summed E-state index contributed by atoms with van der Waals surface area (Å²) in [6, 6.07) is 0. The molecule has 0 aliphatic carbocycles. The third-order valence-electron chi connectivity index (χ3n) is 3.11. The Kier molecular flexibility index (Phi) is 4.26. The summed E-state index contributed by atoms with van der Waals surface area (Å²) in [6.45, 7) is 7.13. The Hall–Kier alpha value is 0.170. The van der Waals surface area contributed by atoms with Crippen LogP contribution in [0.2, 0.25) is 0 Å². The lowest BCUT2D eigenvalue weighted by molar-refractivity contribution is -0.0699. The molecule has 0 radical (unpaired) electrons. The van der Waals surface area contributed by atoms with Crippen molar-refractivity contribution in [1.82, 2.24) is 4.90 Å². The summed E-state index contributed by atoms with van der Waals surface area (Å²) < 4.78 is 11.1. The van der Waals surface area contributed by atoms with Gasteiger partial charge in [-0.3, -0.25) is 4.90 Å². The van der Waals surface area contributed by atoms with Crippen LogP contribution >= 0.6 is 11.6 Å². The number of hydrogen-bond acceptors (Lipinski definition) is 3. The summed E-state index contributed by atoms with van der Waals surface area (Å²) in [7, 11) is 0. The maximum absolute atomic E-state index is 5.85. The lowest BCUT2D eigenvalue weighted by Gasteiger charge is -2.37. The van der Waals surface area contributed by atoms with Crippen LogP contribution in [0.4, 0.5) is 0 Å². The molecule has 0 N–H and O–H groups in total. The van der Waals surface area contributed by atoms with E-state index < -0.39 is 0 Å². The van der Waals surface area contributed by atoms with E-state index in [1.807, 2.05) is 0 Å². The third-order valence-corrected chi connectivity index (χ3v) is 3.46. The molecule has 0 aromatic heterocycles. The van der Waals surface area contributed by atoms with E-state index in [0.29, 0.717) is 17.9 Å². The maximum Gasteiger partial charge on any atom is 0.0841 e. The molecule has 0 bridgehead atoms. The maximum atomic E-state index is 5.85. The van der Waals surface area contributed by atoms with Crippen molar-refractivity contribution in [2.24, 2.45) is 5.92 Å². The largest absolute Gasteiger partial charge is 0.381 e. The molecule has 0 aromatic carbocycles. The minimum Gasteiger partial charge on any atom is -0.381 e. The molecule has 3 nitrogen and oxygen atoms in total. The second-order valence-electron chi connectivity index (χ2n) is 4.67. The van der Waals surface area contributed by atoms with Gasteiger partial charge in [-0.1, -0.05) is 0 Å². The standard InChI is InChI=1S/C11H20ClNO2/c1-9-5-13(7-11(4-12)15-9)6-10-2-3-14-8-10/h9-11H,2-8H2,1H3. The molecule has 15 heavy (non-hydrogen) atoms. The van der Waals surface area contributed by atoms with Crippen LogP contribution in [0.3, 0.4) is 0 Å². The van der Waals surface area contributed by atoms with Crippen molar-refractivity contribution in [2.45, 2.75) is 25.6 Å². The van der Waals surface area contributed by atoms with Crippen LogP contribution in [0.5, 0.6) is 0 Å². The fourth-order valence-electron chi connectivity index (χ4n) is 2.47. The van der Waals surface area contributed by atoms with Gasteiger partial charge in [0, 0.05) is 32.1 Å². The number of halogens is 1. The molecule has 0 spiro atoms. The molecule has 3 unspecified atom stereocenters. The highest BCUT2D eigenvalue weighted by atomic mass is 35.5. The molecule has 88 valence electrons. The molecule has 0 aromatic rings. The summed E-state index contributed by atoms with van der Waals surface area (Å²) in [5, 5.41) is 0. The number of nitrogens with zero attached hydrogens (tertiary/aromatic N) is 1. The average molecular weight is 234 g/mol. The predicted molar refractivity (Wildman–Crippen MR) is 60.4 cm³/mol. The lowest BCUT2D eigenvalue weighted by atomic mass is 10.1. The molecule has 4 heteroatoms. The Labute approximate surface area is 96.7 Å². The molecule has 2 saturated heterocycles. The Morgan fingerprint density at radius 2 is 2.27 bits per heavy atom. The minimum atomic E-state index is 0.206. The highest BCUT2D eigenvalue weighted by Gasteiger charge is 2.27. The van der Waals surface area contributed by atoms with Gasteiger partial charge in [0.1, 0.15) is 0 Å². The van der Waals surface area contributed by atoms with Gasteiger partial charge >= 0.3 is 0 Å². The minimum absolute atomic E-state index is 0.206. The van der Waals surface area contributed by atoms with Gasteiger partial charge in [-0.25, -0.2) is 0 Å². The van der Waals surface area contributed by atoms with E-state index in [1.165, 1.54) is 6.42 Å². The first-order chi connectivity index (χ1) is 7.28. The monoisotopic (exact) mass is 233 g/mol. The molecule has 3 atom stereocenters. The van der Waals surface area contributed by atoms with Gasteiger partial charge in [-0.2, -0.15) is 0 Å². The topological polar surface area (TPSA) is 21.7 Å². The first-order valence-corrected chi connectivity index (χ1v) is 6.33. The zero-order valence-electron chi connectivity index (χ0n) is 9.32. The second-order valence-corrected chi connectivity index (χ2v) is 4.98. The SMILES string of the molecule is CC1CN(CC2CCOC2)CC(CCl)O1. The van der Waals surface area contributed by atoms with Crippen molar-refractivity contribution in [3.05, 3.63) is 0 Å². The molecule has 2 heterocycles. The van der Waals surface area contributed by atoms with Crippen LogP contribution in [-0.2, 0) is 9.47 Å². The van der Waals surface area contributed by atoms with Gasteiger partial charge in [0.05, 0.1) is 18.8 Å². The van der Waals surface area contributed by atoms with Crippen LogP contribution < -0.4 is 0 Å². The molecule has 2 rings (SSSR count). The number of morpholine rings is 1. The van der Waals surface area contributed by atoms with Gasteiger partial charge in [-0.15, -0.1) is 11.6 Å². The van der Waals surface area contributed by atoms with Crippen molar-refractivity contribution in [3.63, 3.8) is 0 Å². The number of alkyl halides is 1. The lowest BCUT2D eigenvalue weighted by Crippen LogP contribution is -2.48. The van der Waals surface area contributed by atoms with Gasteiger partial charge < -0.3 is 9.47 Å². The molecular weight excluding hydrogens is 214 g/mol. The zero-order chi connectivity index (χ0) is 10.7. The Bertz CT molecular complexity index is 197. The Balaban J connectivity index is 1.80. The number of ether oxygens (including phenoxy) is 2. The zero-order valence-corrected chi connectivity index (χ0v) is 10.1. The van der Waals surface area contributed by atoms with E-state index >= 15 is 0 Å². The molecule has 0 amide bonds. The fourth-order valence-corrected chi connectivity index (χ4v) is 2.64. The average Bonchev–Trinajstić information content (AvgIpc) is 2.69. The Morgan fingerprint density at radius 1 is 1.40 bits per heavy atom. The van der Waals surface area contributed by atoms with Gasteiger partial charge in [-0.05, 0) is 19.3 Å². The summed E-state index contributed by atoms with van der Waals surface area (Å²) in [5.41, 5.74) is 0. The summed E-state index contributed by atoms with van der Waals surface area (Å²) in [4.78, 5) is 2.47. The quantitative estimate of drug-likeness (QED) is 0.687. The summed E-state index contributed by atoms with van der Waals surface area (Å²) >= 11 is 5.85. The van der Waals surface area contributed by atoms with E-state index in [1.54, 1.807) is 0 Å². The van der Waals surface area contributed by atoms with Crippen LogP contribution in [0.1, 0.15) is 13.3 Å². The summed E-state index contributed by atoms with van der Waals surface area (Å²) in [5.74, 6) is 1.31. The van der Waals surface area contributed by atoms with Gasteiger partial charge in [0.25, 0.3) is 0 Å². The summed E-state index contributed by atoms with van der Waals surface area (Å²) in [6.07, 6.45) is 1.72. The Morgan fingerprint density at radius 3 is 2.93 bits per heavy atom. The highest BCUT2D eigenvalue weighted by Crippen LogP contribution is 2.18. The molecule has 0 saturated carbocycles. The second kappa shape index (κ2) is 5.48. The van der Waals surface area contributed by atoms with Gasteiger partial charge in [0.15, 0.2) is 0 Å². The van der Waals surface area contributed by atoms with E-state index in [2.05, 4.69) is 11.8 Å². The predicted octanol–water partition coefficient (Wildman–Crippen LogP) is 1.35. The van der Waals surface area contributed by atoms with E-state index in [0.717, 1.165) is 32.8 Å². The van der Waals surface area contributed by atoms with Crippen LogP contribution in [0.25, 0.3) is 0 Å². The van der Waals surface area contributed by atoms with E-state index in [-0.39, 0.29) is 6.10 Å². The van der Waals surface area contributed by atoms with Crippen LogP contribution in [0.15, 0.2) is 0 Å². The van der Waals surface area contributed by atoms with Crippen molar-refractivity contribution in [2.75, 3.05) is 38.7 Å². The van der Waals surface area contributed by atoms with E-state index in [9.17, 15) is 0 Å².